The number of nitrogens with two attached hydrogens (primary N) is 1. The molecule has 0 amide bonds. The molecule has 2 aliphatic heterocycles. The zero-order valence-electron chi connectivity index (χ0n) is 10.3. The molecule has 2 N–H and O–H groups in total. The average Bonchev–Trinajstić information content (AvgIpc) is 2.80. The van der Waals surface area contributed by atoms with Gasteiger partial charge in [0.2, 0.25) is 0 Å². The van der Waals surface area contributed by atoms with E-state index in [9.17, 15) is 0 Å². The maximum atomic E-state index is 6.00. The molecular weight excluding hydrogens is 220 g/mol. The van der Waals surface area contributed by atoms with Gasteiger partial charge in [0, 0.05) is 37.6 Å². The summed E-state index contributed by atoms with van der Waals surface area (Å²) in [6.07, 6.45) is 3.70. The minimum absolute atomic E-state index is 0.281. The topological polar surface area (TPSA) is 38.5 Å². The summed E-state index contributed by atoms with van der Waals surface area (Å²) < 4.78 is 5.41. The van der Waals surface area contributed by atoms with Crippen LogP contribution >= 0.6 is 11.8 Å². The van der Waals surface area contributed by atoms with Crippen molar-refractivity contribution in [3.63, 3.8) is 0 Å². The van der Waals surface area contributed by atoms with E-state index in [1.807, 2.05) is 11.8 Å². The third-order valence-corrected chi connectivity index (χ3v) is 5.38. The summed E-state index contributed by atoms with van der Waals surface area (Å²) in [6.45, 7) is 3.90. The number of hydrogen-bond acceptors (Lipinski definition) is 4. The number of thioether (sulfide) groups is 1. The lowest BCUT2D eigenvalue weighted by Gasteiger charge is -2.40. The van der Waals surface area contributed by atoms with Crippen LogP contribution in [0.5, 0.6) is 0 Å². The molecule has 0 saturated carbocycles. The molecule has 94 valence electrons. The Labute approximate surface area is 103 Å². The molecule has 3 nitrogen and oxygen atoms in total. The highest BCUT2D eigenvalue weighted by Crippen LogP contribution is 2.33. The van der Waals surface area contributed by atoms with Crippen molar-refractivity contribution in [3.05, 3.63) is 0 Å². The van der Waals surface area contributed by atoms with Crippen LogP contribution < -0.4 is 5.73 Å². The predicted molar refractivity (Wildman–Crippen MR) is 69.9 cm³/mol. The molecule has 0 aromatic heterocycles. The Hall–Kier alpha value is 0.230. The summed E-state index contributed by atoms with van der Waals surface area (Å²) in [5.41, 5.74) is 6.28. The fraction of sp³-hybridized carbons (Fsp3) is 1.00. The summed E-state index contributed by atoms with van der Waals surface area (Å²) in [5.74, 6) is 3.30. The third kappa shape index (κ3) is 2.73. The number of likely N-dealkylation sites (N-methyl/N-ethyl adjacent to an activating group) is 1. The van der Waals surface area contributed by atoms with Gasteiger partial charge in [0.05, 0.1) is 0 Å². The molecular formula is C12H24N2OS. The minimum Gasteiger partial charge on any atom is -0.381 e. The quantitative estimate of drug-likeness (QED) is 0.806. The van der Waals surface area contributed by atoms with Crippen molar-refractivity contribution in [3.8, 4) is 0 Å². The van der Waals surface area contributed by atoms with Crippen molar-refractivity contribution >= 4 is 11.8 Å². The van der Waals surface area contributed by atoms with Gasteiger partial charge >= 0.3 is 0 Å². The molecule has 0 aromatic rings. The van der Waals surface area contributed by atoms with Crippen molar-refractivity contribution in [2.75, 3.05) is 44.9 Å². The van der Waals surface area contributed by atoms with Crippen LogP contribution in [-0.2, 0) is 4.74 Å². The third-order valence-electron chi connectivity index (χ3n) is 4.15. The van der Waals surface area contributed by atoms with Crippen molar-refractivity contribution in [1.29, 1.82) is 0 Å². The Morgan fingerprint density at radius 3 is 2.75 bits per heavy atom. The highest BCUT2D eigenvalue weighted by Gasteiger charge is 2.37. The number of ether oxygens (including phenoxy) is 1. The van der Waals surface area contributed by atoms with Crippen LogP contribution in [0.25, 0.3) is 0 Å². The van der Waals surface area contributed by atoms with E-state index in [1.165, 1.54) is 37.3 Å². The fourth-order valence-electron chi connectivity index (χ4n) is 2.72. The van der Waals surface area contributed by atoms with E-state index >= 15 is 0 Å². The fourth-order valence-corrected chi connectivity index (χ4v) is 4.26. The number of hydrogen-bond donors (Lipinski definition) is 1. The van der Waals surface area contributed by atoms with Crippen LogP contribution in [0.2, 0.25) is 0 Å². The van der Waals surface area contributed by atoms with Gasteiger partial charge in [0.15, 0.2) is 0 Å². The zero-order valence-corrected chi connectivity index (χ0v) is 11.1. The normalized spacial score (nSPS) is 32.4. The first-order valence-corrected chi connectivity index (χ1v) is 7.49. The molecule has 1 unspecified atom stereocenters. The molecule has 1 atom stereocenters. The molecule has 2 fully saturated rings. The van der Waals surface area contributed by atoms with Gasteiger partial charge in [-0.05, 0) is 38.0 Å². The summed E-state index contributed by atoms with van der Waals surface area (Å²) in [4.78, 5) is 2.53. The van der Waals surface area contributed by atoms with E-state index in [4.69, 9.17) is 10.5 Å². The monoisotopic (exact) mass is 244 g/mol. The van der Waals surface area contributed by atoms with Gasteiger partial charge in [0.1, 0.15) is 0 Å². The zero-order chi connectivity index (χ0) is 11.4. The van der Waals surface area contributed by atoms with Crippen LogP contribution in [0.4, 0.5) is 0 Å². The van der Waals surface area contributed by atoms with E-state index in [0.29, 0.717) is 0 Å². The number of rotatable bonds is 4. The standard InChI is InChI=1S/C12H24N2OS/c1-14(8-11-2-5-15-6-3-11)12(9-13)4-7-16-10-12/h11H,2-10,13H2,1H3. The lowest BCUT2D eigenvalue weighted by atomic mass is 9.93. The van der Waals surface area contributed by atoms with Gasteiger partial charge in [-0.15, -0.1) is 0 Å². The summed E-state index contributed by atoms with van der Waals surface area (Å²) in [7, 11) is 2.26. The summed E-state index contributed by atoms with van der Waals surface area (Å²) in [6, 6.07) is 0. The lowest BCUT2D eigenvalue weighted by Crippen LogP contribution is -2.54. The van der Waals surface area contributed by atoms with E-state index in [2.05, 4.69) is 11.9 Å². The first-order chi connectivity index (χ1) is 7.77. The van der Waals surface area contributed by atoms with E-state index in [0.717, 1.165) is 25.7 Å². The van der Waals surface area contributed by atoms with Gasteiger partial charge < -0.3 is 10.5 Å². The Kier molecular flexibility index (Phi) is 4.53. The Balaban J connectivity index is 1.87. The minimum atomic E-state index is 0.281. The van der Waals surface area contributed by atoms with Crippen LogP contribution in [-0.4, -0.2) is 55.3 Å². The highest BCUT2D eigenvalue weighted by atomic mass is 32.2. The Bertz CT molecular complexity index is 213. The Morgan fingerprint density at radius 1 is 1.44 bits per heavy atom. The second-order valence-corrected chi connectivity index (χ2v) is 6.27. The first kappa shape index (κ1) is 12.7. The smallest absolute Gasteiger partial charge is 0.0469 e. The lowest BCUT2D eigenvalue weighted by molar-refractivity contribution is 0.0393. The summed E-state index contributed by atoms with van der Waals surface area (Å²) >= 11 is 2.05. The molecule has 2 heterocycles. The highest BCUT2D eigenvalue weighted by molar-refractivity contribution is 7.99. The maximum absolute atomic E-state index is 6.00. The van der Waals surface area contributed by atoms with Crippen LogP contribution in [0, 0.1) is 5.92 Å². The van der Waals surface area contributed by atoms with Gasteiger partial charge in [-0.25, -0.2) is 0 Å². The molecule has 4 heteroatoms. The van der Waals surface area contributed by atoms with Gasteiger partial charge in [-0.3, -0.25) is 4.90 Å². The summed E-state index contributed by atoms with van der Waals surface area (Å²) in [5, 5.41) is 0. The van der Waals surface area contributed by atoms with E-state index < -0.39 is 0 Å². The molecule has 0 aromatic carbocycles. The van der Waals surface area contributed by atoms with Gasteiger partial charge in [-0.1, -0.05) is 0 Å². The van der Waals surface area contributed by atoms with E-state index in [1.54, 1.807) is 0 Å². The van der Waals surface area contributed by atoms with Crippen molar-refractivity contribution in [1.82, 2.24) is 4.90 Å². The molecule has 2 aliphatic rings. The SMILES string of the molecule is CN(CC1CCOCC1)C1(CN)CCSC1. The largest absolute Gasteiger partial charge is 0.381 e. The molecule has 2 saturated heterocycles. The van der Waals surface area contributed by atoms with Gasteiger partial charge in [0.25, 0.3) is 0 Å². The predicted octanol–water partition coefficient (Wildman–Crippen LogP) is 1.18. The van der Waals surface area contributed by atoms with E-state index in [-0.39, 0.29) is 5.54 Å². The molecule has 0 radical (unpaired) electrons. The van der Waals surface area contributed by atoms with Crippen LogP contribution in [0.3, 0.4) is 0 Å². The molecule has 0 aliphatic carbocycles. The average molecular weight is 244 g/mol. The van der Waals surface area contributed by atoms with Crippen LogP contribution in [0.1, 0.15) is 19.3 Å². The van der Waals surface area contributed by atoms with Crippen molar-refractivity contribution < 1.29 is 4.74 Å². The Morgan fingerprint density at radius 2 is 2.19 bits per heavy atom. The second-order valence-electron chi connectivity index (χ2n) is 5.17. The van der Waals surface area contributed by atoms with Crippen LogP contribution in [0.15, 0.2) is 0 Å². The molecule has 16 heavy (non-hydrogen) atoms. The molecule has 0 bridgehead atoms. The first-order valence-electron chi connectivity index (χ1n) is 6.34. The number of nitrogens with zero attached hydrogens (tertiary/aromatic N) is 1. The van der Waals surface area contributed by atoms with Crippen molar-refractivity contribution in [2.45, 2.75) is 24.8 Å². The van der Waals surface area contributed by atoms with Crippen molar-refractivity contribution in [2.24, 2.45) is 11.7 Å². The molecule has 0 spiro atoms. The second kappa shape index (κ2) is 5.71. The molecule has 2 rings (SSSR count). The maximum Gasteiger partial charge on any atom is 0.0469 e. The van der Waals surface area contributed by atoms with Gasteiger partial charge in [-0.2, -0.15) is 11.8 Å².